The molecule has 1 aliphatic carbocycles. The van der Waals surface area contributed by atoms with Crippen LogP contribution < -0.4 is 20.1 Å². The predicted molar refractivity (Wildman–Crippen MR) is 155 cm³/mol. The van der Waals surface area contributed by atoms with E-state index in [9.17, 15) is 18.4 Å². The largest absolute Gasteiger partial charge is 0.497 e. The molecule has 1 fully saturated rings. The lowest BCUT2D eigenvalue weighted by atomic mass is 10.1. The van der Waals surface area contributed by atoms with Gasteiger partial charge >= 0.3 is 0 Å². The van der Waals surface area contributed by atoms with Crippen LogP contribution in [0.4, 0.5) is 20.3 Å². The fourth-order valence-electron chi connectivity index (χ4n) is 5.05. The fourth-order valence-corrected chi connectivity index (χ4v) is 5.05. The highest BCUT2D eigenvalue weighted by Gasteiger charge is 2.34. The van der Waals surface area contributed by atoms with Gasteiger partial charge < -0.3 is 25.0 Å². The van der Waals surface area contributed by atoms with E-state index in [1.807, 2.05) is 6.07 Å². The molecule has 0 spiro atoms. The first-order valence-electron chi connectivity index (χ1n) is 13.8. The van der Waals surface area contributed by atoms with Crippen molar-refractivity contribution in [2.75, 3.05) is 26.1 Å². The Morgan fingerprint density at radius 3 is 2.49 bits per heavy atom. The maximum atomic E-state index is 14.8. The van der Waals surface area contributed by atoms with E-state index in [2.05, 4.69) is 20.6 Å². The molecule has 2 N–H and O–H groups in total. The zero-order chi connectivity index (χ0) is 30.1. The van der Waals surface area contributed by atoms with E-state index < -0.39 is 11.6 Å². The van der Waals surface area contributed by atoms with Crippen LogP contribution in [0.15, 0.2) is 60.8 Å². The summed E-state index contributed by atoms with van der Waals surface area (Å²) in [5.74, 6) is -0.0377. The summed E-state index contributed by atoms with van der Waals surface area (Å²) >= 11 is 0. The molecular weight excluding hydrogens is 556 g/mol. The molecule has 2 aromatic heterocycles. The second-order valence-electron chi connectivity index (χ2n) is 10.5. The monoisotopic (exact) mass is 585 g/mol. The molecule has 2 amide bonds. The Morgan fingerprint density at radius 2 is 1.81 bits per heavy atom. The molecule has 3 heterocycles. The van der Waals surface area contributed by atoms with Gasteiger partial charge in [-0.25, -0.2) is 18.7 Å². The van der Waals surface area contributed by atoms with Crippen molar-refractivity contribution in [2.24, 2.45) is 5.92 Å². The maximum absolute atomic E-state index is 14.8. The molecule has 0 unspecified atom stereocenters. The van der Waals surface area contributed by atoms with Gasteiger partial charge in [0.15, 0.2) is 0 Å². The molecule has 11 heteroatoms. The van der Waals surface area contributed by atoms with Crippen LogP contribution in [0.1, 0.15) is 44.8 Å². The fraction of sp³-hybridized carbons (Fsp3) is 0.250. The number of rotatable bonds is 10. The van der Waals surface area contributed by atoms with Gasteiger partial charge in [0.2, 0.25) is 0 Å². The van der Waals surface area contributed by atoms with Crippen molar-refractivity contribution < 1.29 is 27.8 Å². The Kier molecular flexibility index (Phi) is 7.62. The number of benzene rings is 2. The third kappa shape index (κ3) is 5.83. The van der Waals surface area contributed by atoms with Gasteiger partial charge in [-0.3, -0.25) is 9.59 Å². The minimum absolute atomic E-state index is 0.0320. The minimum atomic E-state index is -0.776. The van der Waals surface area contributed by atoms with E-state index in [0.717, 1.165) is 30.5 Å². The van der Waals surface area contributed by atoms with Gasteiger partial charge in [0.05, 0.1) is 61.1 Å². The third-order valence-electron chi connectivity index (χ3n) is 7.55. The summed E-state index contributed by atoms with van der Waals surface area (Å²) in [5, 5.41) is 6.02. The van der Waals surface area contributed by atoms with Crippen LogP contribution >= 0.6 is 0 Å². The Labute approximate surface area is 246 Å². The number of amides is 2. The lowest BCUT2D eigenvalue weighted by Crippen LogP contribution is -2.25. The van der Waals surface area contributed by atoms with E-state index in [4.69, 9.17) is 9.47 Å². The molecule has 6 rings (SSSR count). The summed E-state index contributed by atoms with van der Waals surface area (Å²) in [6.07, 6.45) is 3.69. The number of nitrogens with one attached hydrogen (secondary N) is 2. The second-order valence-corrected chi connectivity index (χ2v) is 10.5. The average molecular weight is 586 g/mol. The highest BCUT2D eigenvalue weighted by atomic mass is 19.1. The van der Waals surface area contributed by atoms with Crippen LogP contribution in [-0.2, 0) is 13.1 Å². The highest BCUT2D eigenvalue weighted by Crippen LogP contribution is 2.37. The Bertz CT molecular complexity index is 1690. The zero-order valence-electron chi connectivity index (χ0n) is 23.6. The van der Waals surface area contributed by atoms with Gasteiger partial charge in [-0.15, -0.1) is 0 Å². The summed E-state index contributed by atoms with van der Waals surface area (Å²) in [7, 11) is 3.09. The molecule has 2 aliphatic rings. The molecule has 43 heavy (non-hydrogen) atoms. The van der Waals surface area contributed by atoms with Crippen molar-refractivity contribution >= 4 is 23.3 Å². The second kappa shape index (κ2) is 11.7. The SMILES string of the molecule is COc1ccc(CN2Cc3nc(-c4c(F)cccc4F)cc(Nc4ccc(C(=O)NCC5CC5)cn4)c3C2=O)c(OC)c1. The number of carbonyl (C=O) groups excluding carboxylic acids is 2. The van der Waals surface area contributed by atoms with Gasteiger partial charge in [0.1, 0.15) is 29.0 Å². The quantitative estimate of drug-likeness (QED) is 0.254. The average Bonchev–Trinajstić information content (AvgIpc) is 3.79. The number of fused-ring (bicyclic) bond motifs is 1. The molecule has 9 nitrogen and oxygen atoms in total. The zero-order valence-corrected chi connectivity index (χ0v) is 23.6. The van der Waals surface area contributed by atoms with E-state index in [1.54, 1.807) is 36.3 Å². The van der Waals surface area contributed by atoms with Crippen molar-refractivity contribution in [3.05, 3.63) is 94.8 Å². The van der Waals surface area contributed by atoms with Gasteiger partial charge in [0.25, 0.3) is 11.8 Å². The van der Waals surface area contributed by atoms with Gasteiger partial charge in [-0.1, -0.05) is 6.07 Å². The predicted octanol–water partition coefficient (Wildman–Crippen LogP) is 5.48. The number of anilines is 2. The number of nitrogens with zero attached hydrogens (tertiary/aromatic N) is 3. The summed E-state index contributed by atoms with van der Waals surface area (Å²) in [5.41, 5.74) is 1.79. The highest BCUT2D eigenvalue weighted by molar-refractivity contribution is 6.04. The van der Waals surface area contributed by atoms with Crippen LogP contribution in [0, 0.1) is 17.6 Å². The number of carbonyl (C=O) groups is 2. The molecule has 0 saturated heterocycles. The van der Waals surface area contributed by atoms with Crippen molar-refractivity contribution in [3.8, 4) is 22.8 Å². The Balaban J connectivity index is 1.33. The lowest BCUT2D eigenvalue weighted by molar-refractivity contribution is 0.0765. The molecule has 220 valence electrons. The number of pyridine rings is 2. The third-order valence-corrected chi connectivity index (χ3v) is 7.55. The molecule has 0 radical (unpaired) electrons. The number of methoxy groups -OCH3 is 2. The molecule has 0 bridgehead atoms. The van der Waals surface area contributed by atoms with E-state index in [1.165, 1.54) is 25.4 Å². The van der Waals surface area contributed by atoms with Crippen LogP contribution in [-0.4, -0.2) is 47.4 Å². The Hall–Kier alpha value is -5.06. The van der Waals surface area contributed by atoms with Gasteiger partial charge in [-0.2, -0.15) is 0 Å². The number of ether oxygens (including phenoxy) is 2. The first-order valence-corrected chi connectivity index (χ1v) is 13.8. The number of hydrogen-bond donors (Lipinski definition) is 2. The molecule has 0 atom stereocenters. The smallest absolute Gasteiger partial charge is 0.258 e. The molecule has 4 aromatic rings. The molecule has 1 aliphatic heterocycles. The van der Waals surface area contributed by atoms with Crippen molar-refractivity contribution in [2.45, 2.75) is 25.9 Å². The molecule has 1 saturated carbocycles. The molecule has 2 aromatic carbocycles. The van der Waals surface area contributed by atoms with Crippen LogP contribution in [0.2, 0.25) is 0 Å². The number of aromatic nitrogens is 2. The lowest BCUT2D eigenvalue weighted by Gasteiger charge is -2.18. The van der Waals surface area contributed by atoms with Crippen molar-refractivity contribution in [1.29, 1.82) is 0 Å². The van der Waals surface area contributed by atoms with Crippen LogP contribution in [0.25, 0.3) is 11.3 Å². The van der Waals surface area contributed by atoms with Gasteiger partial charge in [-0.05, 0) is 61.2 Å². The van der Waals surface area contributed by atoms with Crippen LogP contribution in [0.5, 0.6) is 11.5 Å². The van der Waals surface area contributed by atoms with E-state index in [0.29, 0.717) is 41.0 Å². The van der Waals surface area contributed by atoms with Gasteiger partial charge in [0, 0.05) is 24.4 Å². The summed E-state index contributed by atoms with van der Waals surface area (Å²) < 4.78 is 40.4. The Morgan fingerprint density at radius 1 is 1.02 bits per heavy atom. The minimum Gasteiger partial charge on any atom is -0.497 e. The standard InChI is InChI=1S/C32H29F2N5O4/c1-42-21-10-8-20(27(12-21)43-2)16-39-17-26-30(32(39)41)25(13-24(37-26)29-22(33)4-3-5-23(29)34)38-28-11-9-19(15-35-28)31(40)36-14-18-6-7-18/h3-5,8-13,15,18H,6-7,14,16-17H2,1-2H3,(H,36,40)(H,35,37,38). The topological polar surface area (TPSA) is 106 Å². The number of halogens is 2. The van der Waals surface area contributed by atoms with Crippen molar-refractivity contribution in [3.63, 3.8) is 0 Å². The van der Waals surface area contributed by atoms with E-state index >= 15 is 0 Å². The summed E-state index contributed by atoms with van der Waals surface area (Å²) in [4.78, 5) is 36.7. The maximum Gasteiger partial charge on any atom is 0.258 e. The first-order chi connectivity index (χ1) is 20.8. The first kappa shape index (κ1) is 28.1. The van der Waals surface area contributed by atoms with Crippen LogP contribution in [0.3, 0.4) is 0 Å². The number of hydrogen-bond acceptors (Lipinski definition) is 7. The molecular formula is C32H29F2N5O4. The summed E-state index contributed by atoms with van der Waals surface area (Å²) in [6.45, 7) is 0.946. The van der Waals surface area contributed by atoms with Crippen molar-refractivity contribution in [1.82, 2.24) is 20.2 Å². The summed E-state index contributed by atoms with van der Waals surface area (Å²) in [6, 6.07) is 13.6. The van der Waals surface area contributed by atoms with E-state index in [-0.39, 0.29) is 47.4 Å². The normalized spacial score (nSPS) is 14.0.